The van der Waals surface area contributed by atoms with Crippen LogP contribution in [-0.4, -0.2) is 84.8 Å². The number of aliphatic imine (C=N–C) groups is 1. The summed E-state index contributed by atoms with van der Waals surface area (Å²) in [6.07, 6.45) is 4.09. The van der Waals surface area contributed by atoms with Crippen molar-refractivity contribution >= 4 is 47.3 Å². The van der Waals surface area contributed by atoms with Crippen LogP contribution in [0.1, 0.15) is 41.5 Å². The van der Waals surface area contributed by atoms with Gasteiger partial charge >= 0.3 is 0 Å². The molecule has 5 rings (SSSR count). The number of amides is 5. The molecular formula is C51H60N8O5S. The van der Waals surface area contributed by atoms with Gasteiger partial charge in [-0.2, -0.15) is 11.8 Å². The summed E-state index contributed by atoms with van der Waals surface area (Å²) in [5, 5.41) is 14.5. The van der Waals surface area contributed by atoms with Crippen LogP contribution in [0.25, 0.3) is 11.1 Å². The molecule has 0 saturated carbocycles. The molecule has 13 nitrogen and oxygen atoms in total. The topological polar surface area (TPSA) is 210 Å². The summed E-state index contributed by atoms with van der Waals surface area (Å²) in [6, 6.07) is 42.0. The van der Waals surface area contributed by atoms with Crippen molar-refractivity contribution in [3.8, 4) is 11.1 Å². The number of carbonyl (C=O) groups is 5. The maximum Gasteiger partial charge on any atom is 0.244 e. The van der Waals surface area contributed by atoms with Crippen LogP contribution < -0.4 is 38.1 Å². The van der Waals surface area contributed by atoms with E-state index in [1.165, 1.54) is 11.8 Å². The number of guanidine groups is 1. The Hall–Kier alpha value is -6.93. The molecule has 0 radical (unpaired) electrons. The lowest BCUT2D eigenvalue weighted by Crippen LogP contribution is -2.59. The highest BCUT2D eigenvalue weighted by Gasteiger charge is 2.31. The van der Waals surface area contributed by atoms with Gasteiger partial charge in [0.05, 0.1) is 6.42 Å². The summed E-state index contributed by atoms with van der Waals surface area (Å²) in [5.74, 6) is -2.35. The van der Waals surface area contributed by atoms with Crippen LogP contribution in [0.15, 0.2) is 151 Å². The standard InChI is InChI=1S/C51H60N8O5S/c1-65-35-45(56-46(60)34-39-26-28-41(29-27-39)40-23-12-5-13-24-40)50(64)57-42(25-15-31-55-51(52)53)48(62)59-44(33-38-20-10-4-11-21-38)49(63)58-43(32-37-18-8-3-9-19-37)47(61)54-30-14-22-36-16-6-2-7-17-36/h2-13,16-21,23-24,26-29,42-45H,14-15,22,25,30-35H2,1H3,(H,54,61)(H,56,60)(H,57,64)(H,58,63)(H,59,62)(H4,52,53,55)/t42-,43?,44?,45?/m1/s1. The molecule has 65 heavy (non-hydrogen) atoms. The van der Waals surface area contributed by atoms with Crippen LogP contribution in [0.5, 0.6) is 0 Å². The van der Waals surface area contributed by atoms with E-state index in [1.54, 1.807) is 0 Å². The fraction of sp³-hybridized carbons (Fsp3) is 0.294. The molecule has 5 aromatic carbocycles. The van der Waals surface area contributed by atoms with Gasteiger partial charge in [0.15, 0.2) is 5.96 Å². The Labute approximate surface area is 386 Å². The Balaban J connectivity index is 1.30. The van der Waals surface area contributed by atoms with Crippen LogP contribution in [0.3, 0.4) is 0 Å². The summed E-state index contributed by atoms with van der Waals surface area (Å²) in [6.45, 7) is 0.589. The molecule has 340 valence electrons. The number of carbonyl (C=O) groups excluding carboxylic acids is 5. The Bertz CT molecular complexity index is 2280. The normalized spacial score (nSPS) is 12.6. The van der Waals surface area contributed by atoms with Gasteiger partial charge < -0.3 is 38.1 Å². The minimum absolute atomic E-state index is 0.0446. The molecule has 14 heteroatoms. The van der Waals surface area contributed by atoms with E-state index < -0.39 is 41.9 Å². The first-order valence-electron chi connectivity index (χ1n) is 21.9. The molecule has 0 saturated heterocycles. The Morgan fingerprint density at radius 1 is 0.523 bits per heavy atom. The first kappa shape index (κ1) is 49.1. The van der Waals surface area contributed by atoms with Crippen LogP contribution in [0.2, 0.25) is 0 Å². The molecule has 0 aliphatic carbocycles. The van der Waals surface area contributed by atoms with Gasteiger partial charge in [0.1, 0.15) is 24.2 Å². The number of thioether (sulfide) groups is 1. The van der Waals surface area contributed by atoms with Crippen molar-refractivity contribution in [3.05, 3.63) is 168 Å². The quantitative estimate of drug-likeness (QED) is 0.0252. The molecule has 0 aliphatic heterocycles. The predicted molar refractivity (Wildman–Crippen MR) is 260 cm³/mol. The summed E-state index contributed by atoms with van der Waals surface area (Å²) in [4.78, 5) is 73.8. The second kappa shape index (κ2) is 26.6. The van der Waals surface area contributed by atoms with Crippen LogP contribution >= 0.6 is 11.8 Å². The zero-order valence-corrected chi connectivity index (χ0v) is 37.6. The first-order valence-corrected chi connectivity index (χ1v) is 23.3. The molecule has 5 aromatic rings. The van der Waals surface area contributed by atoms with E-state index in [9.17, 15) is 24.0 Å². The average molecular weight is 897 g/mol. The zero-order chi connectivity index (χ0) is 46.2. The highest BCUT2D eigenvalue weighted by atomic mass is 32.2. The maximum atomic E-state index is 14.3. The van der Waals surface area contributed by atoms with Gasteiger partial charge in [0.2, 0.25) is 29.5 Å². The maximum absolute atomic E-state index is 14.3. The van der Waals surface area contributed by atoms with Crippen molar-refractivity contribution in [1.29, 1.82) is 0 Å². The van der Waals surface area contributed by atoms with Crippen LogP contribution in [0, 0.1) is 0 Å². The molecule has 0 aromatic heterocycles. The van der Waals surface area contributed by atoms with Crippen molar-refractivity contribution in [2.45, 2.75) is 69.1 Å². The van der Waals surface area contributed by atoms with Gasteiger partial charge in [-0.05, 0) is 65.3 Å². The third kappa shape index (κ3) is 17.3. The van der Waals surface area contributed by atoms with E-state index in [2.05, 4.69) is 31.6 Å². The Kier molecular flexibility index (Phi) is 20.1. The SMILES string of the molecule is CSCC(NC(=O)Cc1ccc(-c2ccccc2)cc1)C(=O)N[C@H](CCCN=C(N)N)C(=O)NC(Cc1ccccc1)C(=O)NC(Cc1ccccc1)C(=O)NCCCc1ccccc1. The summed E-state index contributed by atoms with van der Waals surface area (Å²) < 4.78 is 0. The minimum atomic E-state index is -1.14. The van der Waals surface area contributed by atoms with E-state index in [0.717, 1.165) is 39.8 Å². The van der Waals surface area contributed by atoms with Crippen molar-refractivity contribution in [2.75, 3.05) is 25.1 Å². The smallest absolute Gasteiger partial charge is 0.244 e. The van der Waals surface area contributed by atoms with E-state index in [-0.39, 0.29) is 55.8 Å². The number of hydrogen-bond acceptors (Lipinski definition) is 7. The number of aryl methyl sites for hydroxylation is 1. The summed E-state index contributed by atoms with van der Waals surface area (Å²) in [5.41, 5.74) is 16.7. The number of hydrogen-bond donors (Lipinski definition) is 7. The summed E-state index contributed by atoms with van der Waals surface area (Å²) in [7, 11) is 0. The molecule has 0 aliphatic rings. The number of nitrogens with one attached hydrogen (secondary N) is 5. The summed E-state index contributed by atoms with van der Waals surface area (Å²) >= 11 is 1.37. The number of nitrogens with zero attached hydrogens (tertiary/aromatic N) is 1. The second-order valence-corrected chi connectivity index (χ2v) is 16.6. The van der Waals surface area contributed by atoms with E-state index >= 15 is 0 Å². The van der Waals surface area contributed by atoms with Crippen molar-refractivity contribution in [3.63, 3.8) is 0 Å². The predicted octanol–water partition coefficient (Wildman–Crippen LogP) is 4.49. The van der Waals surface area contributed by atoms with Gasteiger partial charge in [0, 0.05) is 31.7 Å². The molecule has 3 unspecified atom stereocenters. The molecule has 0 heterocycles. The first-order chi connectivity index (χ1) is 31.6. The molecule has 4 atom stereocenters. The number of rotatable bonds is 25. The molecule has 5 amide bonds. The fourth-order valence-corrected chi connectivity index (χ4v) is 7.77. The van der Waals surface area contributed by atoms with Gasteiger partial charge in [-0.1, -0.05) is 146 Å². The van der Waals surface area contributed by atoms with Crippen LogP contribution in [0.4, 0.5) is 0 Å². The molecule has 0 spiro atoms. The Morgan fingerprint density at radius 3 is 1.55 bits per heavy atom. The van der Waals surface area contributed by atoms with E-state index in [0.29, 0.717) is 19.4 Å². The van der Waals surface area contributed by atoms with Gasteiger partial charge in [-0.3, -0.25) is 29.0 Å². The van der Waals surface area contributed by atoms with Gasteiger partial charge in [-0.25, -0.2) is 0 Å². The fourth-order valence-electron chi connectivity index (χ4n) is 7.21. The van der Waals surface area contributed by atoms with E-state index in [1.807, 2.05) is 152 Å². The average Bonchev–Trinajstić information content (AvgIpc) is 3.32. The van der Waals surface area contributed by atoms with Gasteiger partial charge in [0.25, 0.3) is 0 Å². The monoisotopic (exact) mass is 896 g/mol. The lowest BCUT2D eigenvalue weighted by molar-refractivity contribution is -0.134. The zero-order valence-electron chi connectivity index (χ0n) is 36.8. The van der Waals surface area contributed by atoms with Crippen molar-refractivity contribution in [2.24, 2.45) is 16.5 Å². The van der Waals surface area contributed by atoms with Crippen LogP contribution in [-0.2, 0) is 49.7 Å². The molecular weight excluding hydrogens is 837 g/mol. The van der Waals surface area contributed by atoms with Gasteiger partial charge in [-0.15, -0.1) is 0 Å². The number of nitrogens with two attached hydrogens (primary N) is 2. The van der Waals surface area contributed by atoms with Crippen molar-refractivity contribution in [1.82, 2.24) is 26.6 Å². The van der Waals surface area contributed by atoms with Crippen molar-refractivity contribution < 1.29 is 24.0 Å². The lowest BCUT2D eigenvalue weighted by atomic mass is 10.0. The highest BCUT2D eigenvalue weighted by Crippen LogP contribution is 2.19. The largest absolute Gasteiger partial charge is 0.370 e. The Morgan fingerprint density at radius 2 is 1.00 bits per heavy atom. The molecule has 9 N–H and O–H groups in total. The second-order valence-electron chi connectivity index (χ2n) is 15.7. The minimum Gasteiger partial charge on any atom is -0.370 e. The highest BCUT2D eigenvalue weighted by molar-refractivity contribution is 7.98. The third-order valence-electron chi connectivity index (χ3n) is 10.6. The molecule has 0 bridgehead atoms. The molecule has 0 fully saturated rings. The number of benzene rings is 5. The lowest BCUT2D eigenvalue weighted by Gasteiger charge is -2.27. The third-order valence-corrected chi connectivity index (χ3v) is 11.3. The van der Waals surface area contributed by atoms with E-state index in [4.69, 9.17) is 11.5 Å².